The van der Waals surface area contributed by atoms with Crippen molar-refractivity contribution in [1.29, 1.82) is 0 Å². The number of hydrogen-bond donors (Lipinski definition) is 1. The van der Waals surface area contributed by atoms with Crippen LogP contribution in [0.4, 0.5) is 0 Å². The Labute approximate surface area is 237 Å². The van der Waals surface area contributed by atoms with Crippen LogP contribution in [-0.2, 0) is 6.54 Å². The van der Waals surface area contributed by atoms with Crippen molar-refractivity contribution in [3.8, 4) is 22.6 Å². The van der Waals surface area contributed by atoms with Crippen molar-refractivity contribution in [1.82, 2.24) is 15.2 Å². The predicted octanol–water partition coefficient (Wildman–Crippen LogP) is 7.30. The molecule has 2 aromatic heterocycles. The second-order valence-electron chi connectivity index (χ2n) is 10.3. The highest BCUT2D eigenvalue weighted by Gasteiger charge is 2.32. The lowest BCUT2D eigenvalue weighted by Gasteiger charge is -2.37. The number of carbonyl (C=O) groups is 1. The molecule has 1 N–H and O–H groups in total. The normalized spacial score (nSPS) is 18.4. The minimum Gasteiger partial charge on any atom is -0.454 e. The summed E-state index contributed by atoms with van der Waals surface area (Å²) in [5.41, 5.74) is 3.32. The van der Waals surface area contributed by atoms with Crippen LogP contribution in [0.15, 0.2) is 60.9 Å². The van der Waals surface area contributed by atoms with Gasteiger partial charge >= 0.3 is 0 Å². The Kier molecular flexibility index (Phi) is 7.73. The third-order valence-corrected chi connectivity index (χ3v) is 9.34. The highest BCUT2D eigenvalue weighted by atomic mass is 35.5. The number of pyridine rings is 1. The van der Waals surface area contributed by atoms with E-state index in [0.717, 1.165) is 65.4 Å². The third-order valence-electron chi connectivity index (χ3n) is 7.69. The Hall–Kier alpha value is -3.13. The van der Waals surface area contributed by atoms with Gasteiger partial charge in [0.15, 0.2) is 11.5 Å². The first-order valence-electron chi connectivity index (χ1n) is 13.7. The number of benzene rings is 2. The van der Waals surface area contributed by atoms with Crippen LogP contribution in [0.2, 0.25) is 5.02 Å². The molecule has 3 heterocycles. The highest BCUT2D eigenvalue weighted by Crippen LogP contribution is 2.44. The summed E-state index contributed by atoms with van der Waals surface area (Å²) in [6, 6.07) is 16.9. The first-order valence-corrected chi connectivity index (χ1v) is 14.9. The number of amides is 1. The van der Waals surface area contributed by atoms with Gasteiger partial charge in [0.25, 0.3) is 5.91 Å². The van der Waals surface area contributed by atoms with Crippen LogP contribution in [0.25, 0.3) is 21.2 Å². The van der Waals surface area contributed by atoms with Crippen LogP contribution < -0.4 is 14.8 Å². The SMILES string of the molecule is CCCNC1CCC(N(Cc2cccc(-c3ccncc3)c2)C(=O)c2sc3cc4c(cc3c2Cl)OCO4)CC1. The van der Waals surface area contributed by atoms with Gasteiger partial charge in [0.05, 0.1) is 5.02 Å². The molecule has 0 atom stereocenters. The largest absolute Gasteiger partial charge is 0.454 e. The predicted molar refractivity (Wildman–Crippen MR) is 157 cm³/mol. The fraction of sp³-hybridized carbons (Fsp3) is 0.355. The van der Waals surface area contributed by atoms with E-state index in [1.807, 2.05) is 24.3 Å². The van der Waals surface area contributed by atoms with Crippen LogP contribution in [0.3, 0.4) is 0 Å². The number of halogens is 1. The number of fused-ring (bicyclic) bond motifs is 2. The summed E-state index contributed by atoms with van der Waals surface area (Å²) in [5.74, 6) is 1.36. The summed E-state index contributed by atoms with van der Waals surface area (Å²) >= 11 is 8.31. The highest BCUT2D eigenvalue weighted by molar-refractivity contribution is 7.21. The molecule has 0 saturated heterocycles. The number of rotatable bonds is 8. The molecule has 202 valence electrons. The molecule has 2 aliphatic rings. The van der Waals surface area contributed by atoms with Crippen LogP contribution in [0.1, 0.15) is 54.3 Å². The summed E-state index contributed by atoms with van der Waals surface area (Å²) in [6.45, 7) is 3.97. The van der Waals surface area contributed by atoms with Gasteiger partial charge in [-0.2, -0.15) is 0 Å². The van der Waals surface area contributed by atoms with Crippen molar-refractivity contribution >= 4 is 38.9 Å². The van der Waals surface area contributed by atoms with Gasteiger partial charge in [-0.3, -0.25) is 9.78 Å². The van der Waals surface area contributed by atoms with Crippen molar-refractivity contribution in [3.05, 3.63) is 76.4 Å². The average Bonchev–Trinajstić information content (AvgIpc) is 3.57. The van der Waals surface area contributed by atoms with Crippen LogP contribution in [0, 0.1) is 0 Å². The zero-order valence-electron chi connectivity index (χ0n) is 22.0. The molecule has 1 fully saturated rings. The second kappa shape index (κ2) is 11.5. The molecule has 0 radical (unpaired) electrons. The molecular formula is C31H32ClN3O3S. The fourth-order valence-electron chi connectivity index (χ4n) is 5.62. The number of aromatic nitrogens is 1. The molecule has 0 unspecified atom stereocenters. The summed E-state index contributed by atoms with van der Waals surface area (Å²) in [5, 5.41) is 4.99. The number of thiophene rings is 1. The average molecular weight is 562 g/mol. The first kappa shape index (κ1) is 26.1. The van der Waals surface area contributed by atoms with Gasteiger partial charge < -0.3 is 19.7 Å². The summed E-state index contributed by atoms with van der Waals surface area (Å²) < 4.78 is 12.0. The Balaban J connectivity index is 1.31. The van der Waals surface area contributed by atoms with E-state index < -0.39 is 0 Å². The molecule has 6 rings (SSSR count). The third kappa shape index (κ3) is 5.49. The molecule has 1 saturated carbocycles. The first-order chi connectivity index (χ1) is 19.1. The van der Waals surface area contributed by atoms with Gasteiger partial charge in [-0.1, -0.05) is 36.7 Å². The van der Waals surface area contributed by atoms with E-state index in [9.17, 15) is 4.79 Å². The molecule has 1 aliphatic carbocycles. The smallest absolute Gasteiger partial charge is 0.266 e. The van der Waals surface area contributed by atoms with E-state index in [4.69, 9.17) is 21.1 Å². The van der Waals surface area contributed by atoms with Gasteiger partial charge in [0.2, 0.25) is 6.79 Å². The molecule has 6 nitrogen and oxygen atoms in total. The standard InChI is InChI=1S/C31H32ClN3O3S/c1-2-12-34-23-6-8-24(9-7-23)35(18-20-4-3-5-22(15-20)21-10-13-33-14-11-21)31(36)30-29(32)25-16-26-27(38-19-37-26)17-28(25)39-30/h3-5,10-11,13-17,23-24,34H,2,6-9,12,18-19H2,1H3. The Morgan fingerprint density at radius 3 is 2.59 bits per heavy atom. The second-order valence-corrected chi connectivity index (χ2v) is 11.7. The minimum atomic E-state index is -0.0116. The number of nitrogens with zero attached hydrogens (tertiary/aromatic N) is 2. The molecule has 39 heavy (non-hydrogen) atoms. The maximum atomic E-state index is 14.3. The van der Waals surface area contributed by atoms with E-state index in [1.165, 1.54) is 11.3 Å². The molecular weight excluding hydrogens is 530 g/mol. The fourth-order valence-corrected chi connectivity index (χ4v) is 7.09. The monoisotopic (exact) mass is 561 g/mol. The number of carbonyl (C=O) groups excluding carboxylic acids is 1. The lowest BCUT2D eigenvalue weighted by atomic mass is 9.89. The lowest BCUT2D eigenvalue weighted by molar-refractivity contribution is 0.0605. The van der Waals surface area contributed by atoms with Crippen molar-refractivity contribution in [3.63, 3.8) is 0 Å². The number of ether oxygens (including phenoxy) is 2. The quantitative estimate of drug-likeness (QED) is 0.244. The van der Waals surface area contributed by atoms with E-state index in [0.29, 0.717) is 34.0 Å². The topological polar surface area (TPSA) is 63.7 Å². The van der Waals surface area contributed by atoms with Gasteiger partial charge in [-0.05, 0) is 79.6 Å². The Morgan fingerprint density at radius 1 is 1.05 bits per heavy atom. The van der Waals surface area contributed by atoms with E-state index in [-0.39, 0.29) is 18.7 Å². The maximum Gasteiger partial charge on any atom is 0.266 e. The van der Waals surface area contributed by atoms with Gasteiger partial charge in [-0.25, -0.2) is 0 Å². The van der Waals surface area contributed by atoms with Crippen molar-refractivity contribution < 1.29 is 14.3 Å². The maximum absolute atomic E-state index is 14.3. The zero-order valence-corrected chi connectivity index (χ0v) is 23.6. The molecule has 1 amide bonds. The van der Waals surface area contributed by atoms with Crippen LogP contribution in [-0.4, -0.2) is 41.2 Å². The van der Waals surface area contributed by atoms with Crippen LogP contribution >= 0.6 is 22.9 Å². The molecule has 1 aliphatic heterocycles. The number of hydrogen-bond acceptors (Lipinski definition) is 6. The van der Waals surface area contributed by atoms with E-state index in [2.05, 4.69) is 46.4 Å². The molecule has 4 aromatic rings. The van der Waals surface area contributed by atoms with E-state index in [1.54, 1.807) is 12.4 Å². The van der Waals surface area contributed by atoms with Crippen LogP contribution in [0.5, 0.6) is 11.5 Å². The Bertz CT molecular complexity index is 1470. The van der Waals surface area contributed by atoms with Crippen molar-refractivity contribution in [2.75, 3.05) is 13.3 Å². The van der Waals surface area contributed by atoms with Gasteiger partial charge in [-0.15, -0.1) is 11.3 Å². The Morgan fingerprint density at radius 2 is 1.82 bits per heavy atom. The molecule has 0 bridgehead atoms. The van der Waals surface area contributed by atoms with Gasteiger partial charge in [0.1, 0.15) is 4.88 Å². The summed E-state index contributed by atoms with van der Waals surface area (Å²) in [7, 11) is 0. The molecule has 2 aromatic carbocycles. The summed E-state index contributed by atoms with van der Waals surface area (Å²) in [6.07, 6.45) is 8.80. The van der Waals surface area contributed by atoms with Crippen molar-refractivity contribution in [2.24, 2.45) is 0 Å². The molecule has 8 heteroatoms. The molecule has 0 spiro atoms. The lowest BCUT2D eigenvalue weighted by Crippen LogP contribution is -2.45. The van der Waals surface area contributed by atoms with Crippen molar-refractivity contribution in [2.45, 2.75) is 57.7 Å². The van der Waals surface area contributed by atoms with Gasteiger partial charge in [0, 0.05) is 47.2 Å². The minimum absolute atomic E-state index is 0.0116. The summed E-state index contributed by atoms with van der Waals surface area (Å²) in [4.78, 5) is 21.0. The number of nitrogens with one attached hydrogen (secondary N) is 1. The van der Waals surface area contributed by atoms with E-state index >= 15 is 0 Å². The zero-order chi connectivity index (χ0) is 26.8.